The summed E-state index contributed by atoms with van der Waals surface area (Å²) in [4.78, 5) is 0. The summed E-state index contributed by atoms with van der Waals surface area (Å²) in [5.41, 5.74) is 1.84. The lowest BCUT2D eigenvalue weighted by Gasteiger charge is -2.05. The zero-order chi connectivity index (χ0) is 10.4. The average Bonchev–Trinajstić information content (AvgIpc) is 2.60. The lowest BCUT2D eigenvalue weighted by Crippen LogP contribution is -2.11. The van der Waals surface area contributed by atoms with Crippen molar-refractivity contribution in [2.75, 3.05) is 19.8 Å². The molecule has 0 spiro atoms. The second kappa shape index (κ2) is 5.51. The standard InChI is InChI=1S/C9H15N3O2/c1-8(2)9-7-10-11-12(9)3-5-14-6-4-13/h7,13H,1,3-6H2,2H3. The number of rotatable bonds is 6. The van der Waals surface area contributed by atoms with E-state index < -0.39 is 0 Å². The van der Waals surface area contributed by atoms with Crippen LogP contribution in [-0.4, -0.2) is 39.9 Å². The Balaban J connectivity index is 2.42. The fourth-order valence-electron chi connectivity index (χ4n) is 1.07. The summed E-state index contributed by atoms with van der Waals surface area (Å²) in [6.07, 6.45) is 1.67. The molecule has 14 heavy (non-hydrogen) atoms. The number of allylic oxidation sites excluding steroid dienone is 1. The Labute approximate surface area is 83.0 Å². The van der Waals surface area contributed by atoms with Crippen LogP contribution in [0.5, 0.6) is 0 Å². The van der Waals surface area contributed by atoms with Gasteiger partial charge in [-0.25, -0.2) is 4.68 Å². The lowest BCUT2D eigenvalue weighted by atomic mass is 10.3. The molecule has 0 atom stereocenters. The third-order valence-electron chi connectivity index (χ3n) is 1.74. The van der Waals surface area contributed by atoms with Crippen LogP contribution in [-0.2, 0) is 11.3 Å². The minimum Gasteiger partial charge on any atom is -0.394 e. The van der Waals surface area contributed by atoms with Gasteiger partial charge in [-0.2, -0.15) is 0 Å². The minimum atomic E-state index is 0.0463. The minimum absolute atomic E-state index is 0.0463. The Morgan fingerprint density at radius 3 is 3.07 bits per heavy atom. The molecule has 0 aliphatic heterocycles. The normalized spacial score (nSPS) is 10.4. The number of aromatic nitrogens is 3. The van der Waals surface area contributed by atoms with E-state index in [1.165, 1.54) is 0 Å². The number of nitrogens with zero attached hydrogens (tertiary/aromatic N) is 3. The van der Waals surface area contributed by atoms with Gasteiger partial charge in [0.25, 0.3) is 0 Å². The maximum Gasteiger partial charge on any atom is 0.0837 e. The first-order valence-electron chi connectivity index (χ1n) is 4.48. The monoisotopic (exact) mass is 197 g/mol. The molecule has 0 saturated heterocycles. The molecular weight excluding hydrogens is 182 g/mol. The third kappa shape index (κ3) is 2.93. The van der Waals surface area contributed by atoms with Crippen molar-refractivity contribution >= 4 is 5.57 Å². The summed E-state index contributed by atoms with van der Waals surface area (Å²) in [6.45, 7) is 7.28. The highest BCUT2D eigenvalue weighted by atomic mass is 16.5. The molecule has 0 aromatic carbocycles. The molecule has 0 aliphatic carbocycles. The summed E-state index contributed by atoms with van der Waals surface area (Å²) in [5, 5.41) is 16.2. The van der Waals surface area contributed by atoms with Crippen molar-refractivity contribution in [3.05, 3.63) is 18.5 Å². The molecule has 5 heteroatoms. The predicted molar refractivity (Wildman–Crippen MR) is 52.6 cm³/mol. The van der Waals surface area contributed by atoms with Gasteiger partial charge in [0.2, 0.25) is 0 Å². The van der Waals surface area contributed by atoms with Gasteiger partial charge in [-0.1, -0.05) is 11.8 Å². The van der Waals surface area contributed by atoms with Crippen LogP contribution in [0.1, 0.15) is 12.6 Å². The molecule has 1 aromatic heterocycles. The number of hydrogen-bond donors (Lipinski definition) is 1. The molecule has 0 aliphatic rings. The highest BCUT2D eigenvalue weighted by Gasteiger charge is 2.03. The Morgan fingerprint density at radius 2 is 2.43 bits per heavy atom. The van der Waals surface area contributed by atoms with Gasteiger partial charge in [0, 0.05) is 0 Å². The van der Waals surface area contributed by atoms with E-state index in [4.69, 9.17) is 9.84 Å². The number of aliphatic hydroxyl groups is 1. The van der Waals surface area contributed by atoms with Gasteiger partial charge >= 0.3 is 0 Å². The molecular formula is C9H15N3O2. The van der Waals surface area contributed by atoms with Gasteiger partial charge < -0.3 is 9.84 Å². The average molecular weight is 197 g/mol. The van der Waals surface area contributed by atoms with Crippen LogP contribution >= 0.6 is 0 Å². The Kier molecular flexibility index (Phi) is 4.28. The second-order valence-electron chi connectivity index (χ2n) is 2.96. The van der Waals surface area contributed by atoms with E-state index >= 15 is 0 Å². The second-order valence-corrected chi connectivity index (χ2v) is 2.96. The SMILES string of the molecule is C=C(C)c1cnnn1CCOCCO. The largest absolute Gasteiger partial charge is 0.394 e. The highest BCUT2D eigenvalue weighted by molar-refractivity contribution is 5.56. The first-order valence-corrected chi connectivity index (χ1v) is 4.48. The molecule has 0 saturated carbocycles. The van der Waals surface area contributed by atoms with Gasteiger partial charge in [-0.3, -0.25) is 0 Å². The molecule has 5 nitrogen and oxygen atoms in total. The van der Waals surface area contributed by atoms with E-state index in [9.17, 15) is 0 Å². The van der Waals surface area contributed by atoms with Gasteiger partial charge in [0.15, 0.2) is 0 Å². The number of hydrogen-bond acceptors (Lipinski definition) is 4. The Hall–Kier alpha value is -1.20. The van der Waals surface area contributed by atoms with Crippen molar-refractivity contribution < 1.29 is 9.84 Å². The van der Waals surface area contributed by atoms with Crippen LogP contribution in [0.2, 0.25) is 0 Å². The molecule has 0 fully saturated rings. The van der Waals surface area contributed by atoms with Gasteiger partial charge in [0.05, 0.1) is 38.3 Å². The van der Waals surface area contributed by atoms with Crippen molar-refractivity contribution in [2.24, 2.45) is 0 Å². The van der Waals surface area contributed by atoms with Crippen molar-refractivity contribution in [2.45, 2.75) is 13.5 Å². The molecule has 0 bridgehead atoms. The van der Waals surface area contributed by atoms with Crippen LogP contribution in [0.15, 0.2) is 12.8 Å². The summed E-state index contributed by atoms with van der Waals surface area (Å²) in [7, 11) is 0. The van der Waals surface area contributed by atoms with Crippen molar-refractivity contribution in [3.8, 4) is 0 Å². The van der Waals surface area contributed by atoms with Crippen molar-refractivity contribution in [1.29, 1.82) is 0 Å². The van der Waals surface area contributed by atoms with Crippen LogP contribution in [0, 0.1) is 0 Å². The Bertz CT molecular complexity index is 296. The van der Waals surface area contributed by atoms with E-state index in [2.05, 4.69) is 16.9 Å². The van der Waals surface area contributed by atoms with Crippen LogP contribution < -0.4 is 0 Å². The van der Waals surface area contributed by atoms with Crippen molar-refractivity contribution in [3.63, 3.8) is 0 Å². The van der Waals surface area contributed by atoms with Gasteiger partial charge in [0.1, 0.15) is 0 Å². The number of aliphatic hydroxyl groups excluding tert-OH is 1. The first kappa shape index (κ1) is 10.9. The molecule has 1 aromatic rings. The van der Waals surface area contributed by atoms with E-state index in [0.29, 0.717) is 19.8 Å². The zero-order valence-corrected chi connectivity index (χ0v) is 8.31. The molecule has 1 N–H and O–H groups in total. The summed E-state index contributed by atoms with van der Waals surface area (Å²) < 4.78 is 6.86. The fourth-order valence-corrected chi connectivity index (χ4v) is 1.07. The zero-order valence-electron chi connectivity index (χ0n) is 8.31. The molecule has 0 unspecified atom stereocenters. The topological polar surface area (TPSA) is 60.2 Å². The summed E-state index contributed by atoms with van der Waals surface area (Å²) in [5.74, 6) is 0. The van der Waals surface area contributed by atoms with Crippen LogP contribution in [0.25, 0.3) is 5.57 Å². The predicted octanol–water partition coefficient (Wildman–Crippen LogP) is 0.320. The van der Waals surface area contributed by atoms with Gasteiger partial charge in [-0.05, 0) is 12.5 Å². The quantitative estimate of drug-likeness (QED) is 0.667. The molecule has 1 heterocycles. The summed E-state index contributed by atoms with van der Waals surface area (Å²) >= 11 is 0. The van der Waals surface area contributed by atoms with E-state index in [-0.39, 0.29) is 6.61 Å². The lowest BCUT2D eigenvalue weighted by molar-refractivity contribution is 0.0850. The highest BCUT2D eigenvalue weighted by Crippen LogP contribution is 2.08. The summed E-state index contributed by atoms with van der Waals surface area (Å²) in [6, 6.07) is 0. The van der Waals surface area contributed by atoms with E-state index in [1.807, 2.05) is 6.92 Å². The van der Waals surface area contributed by atoms with Crippen LogP contribution in [0.4, 0.5) is 0 Å². The molecule has 0 radical (unpaired) electrons. The maximum absolute atomic E-state index is 8.49. The molecule has 78 valence electrons. The van der Waals surface area contributed by atoms with E-state index in [1.54, 1.807) is 10.9 Å². The van der Waals surface area contributed by atoms with E-state index in [0.717, 1.165) is 11.3 Å². The maximum atomic E-state index is 8.49. The van der Waals surface area contributed by atoms with Crippen LogP contribution in [0.3, 0.4) is 0 Å². The van der Waals surface area contributed by atoms with Gasteiger partial charge in [-0.15, -0.1) is 5.10 Å². The molecule has 1 rings (SSSR count). The Morgan fingerprint density at radius 1 is 1.64 bits per heavy atom. The first-order chi connectivity index (χ1) is 6.75. The number of ether oxygens (including phenoxy) is 1. The molecule has 0 amide bonds. The smallest absolute Gasteiger partial charge is 0.0837 e. The fraction of sp³-hybridized carbons (Fsp3) is 0.556. The third-order valence-corrected chi connectivity index (χ3v) is 1.74. The van der Waals surface area contributed by atoms with Crippen molar-refractivity contribution in [1.82, 2.24) is 15.0 Å².